The van der Waals surface area contributed by atoms with Gasteiger partial charge in [-0.1, -0.05) is 18.2 Å². The summed E-state index contributed by atoms with van der Waals surface area (Å²) >= 11 is 0. The molecule has 0 saturated carbocycles. The summed E-state index contributed by atoms with van der Waals surface area (Å²) in [4.78, 5) is 0. The zero-order valence-corrected chi connectivity index (χ0v) is 10.2. The molecule has 0 heterocycles. The van der Waals surface area contributed by atoms with Crippen molar-refractivity contribution in [3.63, 3.8) is 0 Å². The van der Waals surface area contributed by atoms with Crippen LogP contribution in [0.5, 0.6) is 11.5 Å². The normalized spacial score (nSPS) is 19.0. The predicted octanol–water partition coefficient (Wildman–Crippen LogP) is 4.03. The van der Waals surface area contributed by atoms with E-state index in [1.807, 2.05) is 24.3 Å². The predicted molar refractivity (Wildman–Crippen MR) is 73.0 cm³/mol. The number of hydrogen-bond donors (Lipinski definition) is 1. The van der Waals surface area contributed by atoms with Gasteiger partial charge >= 0.3 is 0 Å². The molecule has 1 unspecified atom stereocenters. The zero-order chi connectivity index (χ0) is 12.4. The molecule has 92 valence electrons. The number of fused-ring (bicyclic) bond motifs is 1. The first-order chi connectivity index (χ1) is 8.81. The second-order valence-electron chi connectivity index (χ2n) is 4.71. The average Bonchev–Trinajstić information content (AvgIpc) is 2.39. The lowest BCUT2D eigenvalue weighted by molar-refractivity contribution is 0.230. The fraction of sp³-hybridized carbons (Fsp3) is 0.250. The van der Waals surface area contributed by atoms with Crippen molar-refractivity contribution in [3.05, 3.63) is 48.6 Å². The van der Waals surface area contributed by atoms with Gasteiger partial charge in [-0.05, 0) is 60.4 Å². The Hall–Kier alpha value is -1.96. The highest BCUT2D eigenvalue weighted by Gasteiger charge is 2.10. The van der Waals surface area contributed by atoms with Gasteiger partial charge in [-0.3, -0.25) is 0 Å². The average molecular weight is 240 g/mol. The maximum Gasteiger partial charge on any atom is 0.120 e. The first kappa shape index (κ1) is 11.1. The van der Waals surface area contributed by atoms with E-state index in [0.29, 0.717) is 0 Å². The molecular formula is C16H16O2. The van der Waals surface area contributed by atoms with Crippen LogP contribution in [-0.4, -0.2) is 11.2 Å². The Labute approximate surface area is 107 Å². The number of phenolic OH excluding ortho intramolecular Hbond substituents is 1. The smallest absolute Gasteiger partial charge is 0.120 e. The highest BCUT2D eigenvalue weighted by atomic mass is 16.5. The van der Waals surface area contributed by atoms with E-state index in [0.717, 1.165) is 29.4 Å². The summed E-state index contributed by atoms with van der Waals surface area (Å²) < 4.78 is 5.93. The van der Waals surface area contributed by atoms with E-state index in [2.05, 4.69) is 12.2 Å². The fourth-order valence-corrected chi connectivity index (χ4v) is 2.34. The molecule has 0 fully saturated rings. The Morgan fingerprint density at radius 2 is 1.94 bits per heavy atom. The number of ether oxygens (including phenoxy) is 1. The summed E-state index contributed by atoms with van der Waals surface area (Å²) in [5.74, 6) is 1.15. The van der Waals surface area contributed by atoms with Gasteiger partial charge in [0.25, 0.3) is 0 Å². The molecule has 1 aliphatic carbocycles. The van der Waals surface area contributed by atoms with Crippen molar-refractivity contribution >= 4 is 10.8 Å². The van der Waals surface area contributed by atoms with Crippen LogP contribution in [0.15, 0.2) is 48.6 Å². The number of rotatable bonds is 2. The molecule has 0 spiro atoms. The molecule has 2 heteroatoms. The van der Waals surface area contributed by atoms with E-state index >= 15 is 0 Å². The number of hydrogen-bond acceptors (Lipinski definition) is 2. The van der Waals surface area contributed by atoms with Gasteiger partial charge in [0.1, 0.15) is 17.6 Å². The molecule has 0 radical (unpaired) electrons. The van der Waals surface area contributed by atoms with E-state index in [1.54, 1.807) is 12.1 Å². The minimum absolute atomic E-state index is 0.188. The number of aromatic hydroxyl groups is 1. The number of benzene rings is 2. The van der Waals surface area contributed by atoms with Crippen LogP contribution in [0.2, 0.25) is 0 Å². The number of phenols is 1. The largest absolute Gasteiger partial charge is 0.508 e. The van der Waals surface area contributed by atoms with Crippen molar-refractivity contribution in [2.24, 2.45) is 0 Å². The summed E-state index contributed by atoms with van der Waals surface area (Å²) in [6.07, 6.45) is 7.93. The van der Waals surface area contributed by atoms with Crippen LogP contribution in [0.25, 0.3) is 10.8 Å². The van der Waals surface area contributed by atoms with Crippen LogP contribution in [0.3, 0.4) is 0 Å². The first-order valence-corrected chi connectivity index (χ1v) is 6.37. The highest BCUT2D eigenvalue weighted by Crippen LogP contribution is 2.26. The molecule has 2 nitrogen and oxygen atoms in total. The van der Waals surface area contributed by atoms with Crippen LogP contribution in [0.1, 0.15) is 19.3 Å². The summed E-state index contributed by atoms with van der Waals surface area (Å²) in [7, 11) is 0. The van der Waals surface area contributed by atoms with Crippen LogP contribution >= 0.6 is 0 Å². The molecule has 1 N–H and O–H groups in total. The van der Waals surface area contributed by atoms with Crippen LogP contribution < -0.4 is 4.74 Å². The van der Waals surface area contributed by atoms with Crippen molar-refractivity contribution in [2.45, 2.75) is 25.4 Å². The SMILES string of the molecule is Oc1ccc2ccc(OC3C=CCCC3)cc2c1. The monoisotopic (exact) mass is 240 g/mol. The molecule has 18 heavy (non-hydrogen) atoms. The van der Waals surface area contributed by atoms with Crippen molar-refractivity contribution in [1.29, 1.82) is 0 Å². The van der Waals surface area contributed by atoms with Gasteiger partial charge in [0.2, 0.25) is 0 Å². The van der Waals surface area contributed by atoms with Crippen molar-refractivity contribution in [2.75, 3.05) is 0 Å². The van der Waals surface area contributed by atoms with E-state index in [9.17, 15) is 5.11 Å². The summed E-state index contributed by atoms with van der Waals surface area (Å²) in [6, 6.07) is 11.4. The Morgan fingerprint density at radius 1 is 1.06 bits per heavy atom. The Morgan fingerprint density at radius 3 is 2.78 bits per heavy atom. The Balaban J connectivity index is 1.88. The maximum atomic E-state index is 9.49. The van der Waals surface area contributed by atoms with Crippen molar-refractivity contribution in [3.8, 4) is 11.5 Å². The molecule has 0 saturated heterocycles. The Bertz CT molecular complexity index is 587. The second kappa shape index (κ2) is 4.73. The minimum atomic E-state index is 0.188. The van der Waals surface area contributed by atoms with Gasteiger partial charge in [0.05, 0.1) is 0 Å². The lowest BCUT2D eigenvalue weighted by Gasteiger charge is -2.18. The third-order valence-corrected chi connectivity index (χ3v) is 3.29. The summed E-state index contributed by atoms with van der Waals surface area (Å²) in [5.41, 5.74) is 0. The molecule has 0 aromatic heterocycles. The van der Waals surface area contributed by atoms with Crippen LogP contribution in [0, 0.1) is 0 Å². The summed E-state index contributed by atoms with van der Waals surface area (Å²) in [5, 5.41) is 11.6. The van der Waals surface area contributed by atoms with Crippen LogP contribution in [-0.2, 0) is 0 Å². The van der Waals surface area contributed by atoms with Crippen molar-refractivity contribution < 1.29 is 9.84 Å². The molecular weight excluding hydrogens is 224 g/mol. The van der Waals surface area contributed by atoms with Gasteiger partial charge < -0.3 is 9.84 Å². The maximum absolute atomic E-state index is 9.49. The van der Waals surface area contributed by atoms with Crippen molar-refractivity contribution in [1.82, 2.24) is 0 Å². The fourth-order valence-electron chi connectivity index (χ4n) is 2.34. The van der Waals surface area contributed by atoms with Gasteiger partial charge in [0.15, 0.2) is 0 Å². The molecule has 0 amide bonds. The molecule has 0 aliphatic heterocycles. The van der Waals surface area contributed by atoms with Gasteiger partial charge in [-0.2, -0.15) is 0 Å². The Kier molecular flexibility index (Phi) is 2.93. The first-order valence-electron chi connectivity index (χ1n) is 6.37. The second-order valence-corrected chi connectivity index (χ2v) is 4.71. The quantitative estimate of drug-likeness (QED) is 0.803. The third kappa shape index (κ3) is 2.33. The molecule has 2 aromatic rings. The molecule has 1 aliphatic rings. The van der Waals surface area contributed by atoms with Gasteiger partial charge in [0, 0.05) is 0 Å². The summed E-state index contributed by atoms with van der Waals surface area (Å²) in [6.45, 7) is 0. The van der Waals surface area contributed by atoms with Gasteiger partial charge in [-0.15, -0.1) is 0 Å². The lowest BCUT2D eigenvalue weighted by Crippen LogP contribution is -2.15. The molecule has 3 rings (SSSR count). The minimum Gasteiger partial charge on any atom is -0.508 e. The molecule has 1 atom stereocenters. The number of allylic oxidation sites excluding steroid dienone is 1. The van der Waals surface area contributed by atoms with Crippen LogP contribution in [0.4, 0.5) is 0 Å². The van der Waals surface area contributed by atoms with E-state index in [-0.39, 0.29) is 11.9 Å². The zero-order valence-electron chi connectivity index (χ0n) is 10.2. The molecule has 0 bridgehead atoms. The highest BCUT2D eigenvalue weighted by molar-refractivity contribution is 5.85. The third-order valence-electron chi connectivity index (χ3n) is 3.29. The standard InChI is InChI=1S/C16H16O2/c17-14-8-6-12-7-9-16(11-13(12)10-14)18-15-4-2-1-3-5-15/h2,4,6-11,15,17H,1,3,5H2. The lowest BCUT2D eigenvalue weighted by atomic mass is 10.1. The van der Waals surface area contributed by atoms with E-state index in [1.165, 1.54) is 6.42 Å². The van der Waals surface area contributed by atoms with E-state index in [4.69, 9.17) is 4.74 Å². The molecule has 2 aromatic carbocycles. The van der Waals surface area contributed by atoms with Gasteiger partial charge in [-0.25, -0.2) is 0 Å². The van der Waals surface area contributed by atoms with E-state index < -0.39 is 0 Å². The topological polar surface area (TPSA) is 29.5 Å².